The van der Waals surface area contributed by atoms with Crippen molar-refractivity contribution in [2.24, 2.45) is 0 Å². The van der Waals surface area contributed by atoms with E-state index in [0.717, 1.165) is 26.1 Å². The second kappa shape index (κ2) is 10.6. The molecule has 15 heavy (non-hydrogen) atoms. The zero-order valence-electron chi connectivity index (χ0n) is 11.7. The number of hydrogen-bond acceptors (Lipinski definition) is 2. The summed E-state index contributed by atoms with van der Waals surface area (Å²) in [5, 5.41) is 0. The predicted octanol–water partition coefficient (Wildman–Crippen LogP) is 4.07. The van der Waals surface area contributed by atoms with Crippen LogP contribution >= 0.6 is 0 Å². The Balaban J connectivity index is 0. The molecule has 0 unspecified atom stereocenters. The third-order valence-electron chi connectivity index (χ3n) is 1.39. The maximum Gasteiger partial charge on any atom is 0.183 e. The van der Waals surface area contributed by atoms with Gasteiger partial charge >= 0.3 is 0 Å². The van der Waals surface area contributed by atoms with Gasteiger partial charge in [-0.3, -0.25) is 0 Å². The molecule has 3 heteroatoms. The molecular formula is C12H30O2Si. The summed E-state index contributed by atoms with van der Waals surface area (Å²) >= 11 is 0. The van der Waals surface area contributed by atoms with E-state index in [4.69, 9.17) is 9.16 Å². The average molecular weight is 234 g/mol. The summed E-state index contributed by atoms with van der Waals surface area (Å²) in [5.41, 5.74) is 0. The molecular weight excluding hydrogens is 204 g/mol. The van der Waals surface area contributed by atoms with Gasteiger partial charge < -0.3 is 9.16 Å². The minimum atomic E-state index is -1.18. The molecule has 0 N–H and O–H groups in total. The highest BCUT2D eigenvalue weighted by Crippen LogP contribution is 2.01. The number of rotatable bonds is 6. The Morgan fingerprint density at radius 1 is 0.933 bits per heavy atom. The predicted molar refractivity (Wildman–Crippen MR) is 71.0 cm³/mol. The quantitative estimate of drug-likeness (QED) is 0.645. The van der Waals surface area contributed by atoms with E-state index in [9.17, 15) is 0 Å². The lowest BCUT2D eigenvalue weighted by atomic mass is 10.4. The smallest absolute Gasteiger partial charge is 0.183 e. The van der Waals surface area contributed by atoms with E-state index in [1.54, 1.807) is 0 Å². The van der Waals surface area contributed by atoms with Crippen molar-refractivity contribution in [3.8, 4) is 0 Å². The molecule has 94 valence electrons. The molecule has 0 aliphatic carbocycles. The normalized spacial score (nSPS) is 11.2. The Hall–Kier alpha value is 0.137. The van der Waals surface area contributed by atoms with Crippen molar-refractivity contribution in [1.82, 2.24) is 0 Å². The van der Waals surface area contributed by atoms with E-state index in [-0.39, 0.29) is 0 Å². The summed E-state index contributed by atoms with van der Waals surface area (Å²) in [5.74, 6) is 0. The first kappa shape index (κ1) is 17.5. The van der Waals surface area contributed by atoms with Gasteiger partial charge in [0.1, 0.15) is 0 Å². The molecule has 0 bridgehead atoms. The van der Waals surface area contributed by atoms with Crippen LogP contribution < -0.4 is 0 Å². The third kappa shape index (κ3) is 24.9. The molecule has 0 aliphatic rings. The SMILES string of the molecule is CCCOC(C)C.CCCO[Si](C)(C)C. The van der Waals surface area contributed by atoms with Gasteiger partial charge in [0.15, 0.2) is 8.32 Å². The maximum absolute atomic E-state index is 5.52. The Bertz CT molecular complexity index is 119. The van der Waals surface area contributed by atoms with Crippen molar-refractivity contribution in [1.29, 1.82) is 0 Å². The van der Waals surface area contributed by atoms with Crippen molar-refractivity contribution in [3.05, 3.63) is 0 Å². The molecule has 0 saturated carbocycles. The molecule has 2 nitrogen and oxygen atoms in total. The van der Waals surface area contributed by atoms with Crippen LogP contribution in [0.2, 0.25) is 19.6 Å². The molecule has 0 saturated heterocycles. The highest BCUT2D eigenvalue weighted by Gasteiger charge is 2.12. The van der Waals surface area contributed by atoms with Gasteiger partial charge in [-0.15, -0.1) is 0 Å². The summed E-state index contributed by atoms with van der Waals surface area (Å²) in [4.78, 5) is 0. The van der Waals surface area contributed by atoms with Gasteiger partial charge in [-0.2, -0.15) is 0 Å². The van der Waals surface area contributed by atoms with Crippen LogP contribution in [0.4, 0.5) is 0 Å². The highest BCUT2D eigenvalue weighted by molar-refractivity contribution is 6.69. The van der Waals surface area contributed by atoms with Gasteiger partial charge in [-0.1, -0.05) is 13.8 Å². The van der Waals surface area contributed by atoms with E-state index < -0.39 is 8.32 Å². The molecule has 0 heterocycles. The van der Waals surface area contributed by atoms with E-state index >= 15 is 0 Å². The summed E-state index contributed by atoms with van der Waals surface area (Å²) in [6.45, 7) is 16.8. The van der Waals surface area contributed by atoms with E-state index in [1.165, 1.54) is 0 Å². The molecule has 0 spiro atoms. The minimum Gasteiger partial charge on any atom is -0.418 e. The molecule has 0 aliphatic heterocycles. The third-order valence-corrected chi connectivity index (χ3v) is 2.46. The van der Waals surface area contributed by atoms with Crippen LogP contribution in [-0.4, -0.2) is 27.6 Å². The van der Waals surface area contributed by atoms with Crippen LogP contribution in [0, 0.1) is 0 Å². The van der Waals surface area contributed by atoms with Crippen LogP contribution in [-0.2, 0) is 9.16 Å². The molecule has 0 aromatic carbocycles. The van der Waals surface area contributed by atoms with Crippen LogP contribution in [0.25, 0.3) is 0 Å². The zero-order valence-corrected chi connectivity index (χ0v) is 12.7. The van der Waals surface area contributed by atoms with Gasteiger partial charge in [0.25, 0.3) is 0 Å². The lowest BCUT2D eigenvalue weighted by Gasteiger charge is -2.15. The first-order valence-corrected chi connectivity index (χ1v) is 9.49. The van der Waals surface area contributed by atoms with Crippen LogP contribution in [0.1, 0.15) is 40.5 Å². The van der Waals surface area contributed by atoms with Crippen molar-refractivity contribution in [2.45, 2.75) is 66.3 Å². The highest BCUT2D eigenvalue weighted by atomic mass is 28.4. The zero-order chi connectivity index (χ0) is 12.3. The molecule has 0 radical (unpaired) electrons. The van der Waals surface area contributed by atoms with E-state index in [1.807, 2.05) is 0 Å². The fraction of sp³-hybridized carbons (Fsp3) is 1.00. The van der Waals surface area contributed by atoms with Gasteiger partial charge in [-0.05, 0) is 46.3 Å². The largest absolute Gasteiger partial charge is 0.418 e. The Kier molecular flexibility index (Phi) is 12.4. The van der Waals surface area contributed by atoms with Gasteiger partial charge in [0.05, 0.1) is 6.10 Å². The van der Waals surface area contributed by atoms with E-state index in [0.29, 0.717) is 6.10 Å². The van der Waals surface area contributed by atoms with E-state index in [2.05, 4.69) is 47.3 Å². The van der Waals surface area contributed by atoms with Crippen LogP contribution in [0.5, 0.6) is 0 Å². The topological polar surface area (TPSA) is 18.5 Å². The fourth-order valence-corrected chi connectivity index (χ4v) is 1.58. The van der Waals surface area contributed by atoms with Crippen LogP contribution in [0.3, 0.4) is 0 Å². The summed E-state index contributed by atoms with van der Waals surface area (Å²) in [6.07, 6.45) is 2.67. The van der Waals surface area contributed by atoms with Crippen molar-refractivity contribution in [3.63, 3.8) is 0 Å². The standard InChI is InChI=1S/C6H16OSi.C6H14O/c1-5-6-7-8(2,3)4;1-4-5-7-6(2)3/h5-6H2,1-4H3;6H,4-5H2,1-3H3. The number of hydrogen-bond donors (Lipinski definition) is 0. The van der Waals surface area contributed by atoms with Crippen molar-refractivity contribution < 1.29 is 9.16 Å². The summed E-state index contributed by atoms with van der Waals surface area (Å²) in [6, 6.07) is 0. The second-order valence-electron chi connectivity index (χ2n) is 4.88. The van der Waals surface area contributed by atoms with Gasteiger partial charge in [-0.25, -0.2) is 0 Å². The maximum atomic E-state index is 5.52. The summed E-state index contributed by atoms with van der Waals surface area (Å²) in [7, 11) is -1.18. The Labute approximate surface area is 97.5 Å². The molecule has 0 rings (SSSR count). The summed E-state index contributed by atoms with van der Waals surface area (Å²) < 4.78 is 10.7. The average Bonchev–Trinajstić information content (AvgIpc) is 2.11. The monoisotopic (exact) mass is 234 g/mol. The molecule has 0 amide bonds. The van der Waals surface area contributed by atoms with Crippen LogP contribution in [0.15, 0.2) is 0 Å². The van der Waals surface area contributed by atoms with Crippen molar-refractivity contribution >= 4 is 8.32 Å². The van der Waals surface area contributed by atoms with Crippen molar-refractivity contribution in [2.75, 3.05) is 13.2 Å². The first-order valence-electron chi connectivity index (χ1n) is 6.09. The second-order valence-corrected chi connectivity index (χ2v) is 9.39. The minimum absolute atomic E-state index is 0.403. The lowest BCUT2D eigenvalue weighted by Crippen LogP contribution is -2.25. The molecule has 0 fully saturated rings. The molecule has 0 aromatic heterocycles. The lowest BCUT2D eigenvalue weighted by molar-refractivity contribution is 0.0794. The number of ether oxygens (including phenoxy) is 1. The Morgan fingerprint density at radius 3 is 1.53 bits per heavy atom. The Morgan fingerprint density at radius 2 is 1.40 bits per heavy atom. The van der Waals surface area contributed by atoms with Gasteiger partial charge in [0, 0.05) is 13.2 Å². The first-order chi connectivity index (χ1) is 6.83. The molecule has 0 atom stereocenters. The van der Waals surface area contributed by atoms with Gasteiger partial charge in [0.2, 0.25) is 0 Å². The molecule has 0 aromatic rings. The fourth-order valence-electron chi connectivity index (χ4n) is 0.762.